The van der Waals surface area contributed by atoms with Gasteiger partial charge in [0.2, 0.25) is 0 Å². The maximum atomic E-state index is 6.22. The van der Waals surface area contributed by atoms with Crippen LogP contribution in [0.2, 0.25) is 0 Å². The van der Waals surface area contributed by atoms with Gasteiger partial charge in [0.25, 0.3) is 0 Å². The Labute approximate surface area is 163 Å². The first-order chi connectivity index (χ1) is 12.1. The van der Waals surface area contributed by atoms with Crippen LogP contribution in [0.4, 0.5) is 0 Å². The predicted molar refractivity (Wildman–Crippen MR) is 112 cm³/mol. The predicted octanol–water partition coefficient (Wildman–Crippen LogP) is 4.43. The minimum atomic E-state index is -0.0400. The average molecular weight is 371 g/mol. The molecule has 0 saturated carbocycles. The molecule has 4 heteroatoms. The van der Waals surface area contributed by atoms with Crippen LogP contribution < -0.4 is 0 Å². The van der Waals surface area contributed by atoms with Crippen LogP contribution in [0.3, 0.4) is 0 Å². The van der Waals surface area contributed by atoms with Gasteiger partial charge < -0.3 is 19.3 Å². The smallest absolute Gasteiger partial charge is 0.0627 e. The number of piperidine rings is 1. The molecule has 1 aliphatic heterocycles. The molecular formula is C22H46N2O2. The van der Waals surface area contributed by atoms with Crippen molar-refractivity contribution < 1.29 is 9.47 Å². The Bertz CT molecular complexity index is 358. The number of hydrogen-bond donors (Lipinski definition) is 0. The van der Waals surface area contributed by atoms with Crippen molar-refractivity contribution in [3.63, 3.8) is 0 Å². The molecule has 0 unspecified atom stereocenters. The van der Waals surface area contributed by atoms with E-state index in [1.165, 1.54) is 32.4 Å². The summed E-state index contributed by atoms with van der Waals surface area (Å²) in [5.74, 6) is 0.902. The second kappa shape index (κ2) is 11.6. The first-order valence-electron chi connectivity index (χ1n) is 10.8. The van der Waals surface area contributed by atoms with Crippen molar-refractivity contribution >= 4 is 0 Å². The summed E-state index contributed by atoms with van der Waals surface area (Å²) < 4.78 is 12.1. The van der Waals surface area contributed by atoms with Gasteiger partial charge in [0.05, 0.1) is 24.4 Å². The van der Waals surface area contributed by atoms with Gasteiger partial charge in [-0.2, -0.15) is 0 Å². The molecule has 0 bridgehead atoms. The zero-order valence-electron chi connectivity index (χ0n) is 18.8. The Hall–Kier alpha value is -0.160. The Balaban J connectivity index is 2.14. The van der Waals surface area contributed by atoms with Crippen LogP contribution in [0.25, 0.3) is 0 Å². The molecule has 4 nitrogen and oxygen atoms in total. The van der Waals surface area contributed by atoms with E-state index in [9.17, 15) is 0 Å². The van der Waals surface area contributed by atoms with Crippen LogP contribution in [0.5, 0.6) is 0 Å². The van der Waals surface area contributed by atoms with E-state index in [4.69, 9.17) is 9.47 Å². The molecule has 1 aliphatic rings. The highest BCUT2D eigenvalue weighted by Crippen LogP contribution is 2.19. The molecule has 0 radical (unpaired) electrons. The maximum Gasteiger partial charge on any atom is 0.0627 e. The minimum absolute atomic E-state index is 0.0234. The summed E-state index contributed by atoms with van der Waals surface area (Å²) in [5.41, 5.74) is -0.0635. The monoisotopic (exact) mass is 370 g/mol. The molecule has 1 heterocycles. The zero-order chi connectivity index (χ0) is 19.6. The van der Waals surface area contributed by atoms with Crippen LogP contribution in [-0.4, -0.2) is 73.5 Å². The second-order valence-electron chi connectivity index (χ2n) is 9.63. The van der Waals surface area contributed by atoms with Crippen LogP contribution >= 0.6 is 0 Å². The fourth-order valence-corrected chi connectivity index (χ4v) is 3.45. The van der Waals surface area contributed by atoms with Gasteiger partial charge in [0, 0.05) is 13.1 Å². The lowest BCUT2D eigenvalue weighted by Crippen LogP contribution is -2.37. The summed E-state index contributed by atoms with van der Waals surface area (Å²) in [7, 11) is 0. The van der Waals surface area contributed by atoms with Gasteiger partial charge in [-0.15, -0.1) is 0 Å². The van der Waals surface area contributed by atoms with Crippen molar-refractivity contribution in [1.82, 2.24) is 9.80 Å². The third-order valence-electron chi connectivity index (χ3n) is 5.42. The fourth-order valence-electron chi connectivity index (χ4n) is 3.45. The third kappa shape index (κ3) is 11.5. The molecule has 1 fully saturated rings. The third-order valence-corrected chi connectivity index (χ3v) is 5.42. The Kier molecular flexibility index (Phi) is 10.7. The first-order valence-corrected chi connectivity index (χ1v) is 10.8. The van der Waals surface area contributed by atoms with E-state index in [-0.39, 0.29) is 11.2 Å². The van der Waals surface area contributed by atoms with Crippen molar-refractivity contribution in [2.45, 2.75) is 85.4 Å². The van der Waals surface area contributed by atoms with Crippen molar-refractivity contribution in [1.29, 1.82) is 0 Å². The Morgan fingerprint density at radius 2 is 1.62 bits per heavy atom. The SMILES string of the molecule is CCN(CCCC(C)(C)OCCN1CCC(C)CC1)CCOC(C)(C)C. The topological polar surface area (TPSA) is 24.9 Å². The van der Waals surface area contributed by atoms with Gasteiger partial charge in [0.1, 0.15) is 0 Å². The zero-order valence-corrected chi connectivity index (χ0v) is 18.8. The second-order valence-corrected chi connectivity index (χ2v) is 9.63. The lowest BCUT2D eigenvalue weighted by Gasteiger charge is -2.32. The van der Waals surface area contributed by atoms with E-state index in [1.807, 2.05) is 0 Å². The molecule has 0 aromatic carbocycles. The van der Waals surface area contributed by atoms with Gasteiger partial charge >= 0.3 is 0 Å². The van der Waals surface area contributed by atoms with E-state index in [0.29, 0.717) is 0 Å². The molecule has 0 amide bonds. The molecule has 0 atom stereocenters. The summed E-state index contributed by atoms with van der Waals surface area (Å²) in [6.07, 6.45) is 4.97. The van der Waals surface area contributed by atoms with E-state index in [0.717, 1.165) is 51.7 Å². The van der Waals surface area contributed by atoms with E-state index >= 15 is 0 Å². The number of likely N-dealkylation sites (N-methyl/N-ethyl adjacent to an activating group) is 1. The van der Waals surface area contributed by atoms with Gasteiger partial charge in [-0.3, -0.25) is 0 Å². The van der Waals surface area contributed by atoms with E-state index < -0.39 is 0 Å². The number of nitrogens with zero attached hydrogens (tertiary/aromatic N) is 2. The van der Waals surface area contributed by atoms with Crippen molar-refractivity contribution in [2.24, 2.45) is 5.92 Å². The van der Waals surface area contributed by atoms with Gasteiger partial charge in [-0.1, -0.05) is 13.8 Å². The van der Waals surface area contributed by atoms with Gasteiger partial charge in [-0.25, -0.2) is 0 Å². The molecule has 1 saturated heterocycles. The highest BCUT2D eigenvalue weighted by atomic mass is 16.5. The Morgan fingerprint density at radius 3 is 2.19 bits per heavy atom. The summed E-state index contributed by atoms with van der Waals surface area (Å²) in [4.78, 5) is 5.04. The summed E-state index contributed by atoms with van der Waals surface area (Å²) in [5, 5.41) is 0. The molecule has 0 spiro atoms. The highest BCUT2D eigenvalue weighted by molar-refractivity contribution is 4.73. The van der Waals surface area contributed by atoms with Crippen molar-refractivity contribution in [3.05, 3.63) is 0 Å². The van der Waals surface area contributed by atoms with Crippen LogP contribution in [0, 0.1) is 5.92 Å². The maximum absolute atomic E-state index is 6.22. The summed E-state index contributed by atoms with van der Waals surface area (Å²) in [6, 6.07) is 0. The van der Waals surface area contributed by atoms with Crippen LogP contribution in [0.1, 0.15) is 74.1 Å². The normalized spacial score (nSPS) is 18.0. The van der Waals surface area contributed by atoms with Crippen LogP contribution in [-0.2, 0) is 9.47 Å². The molecule has 156 valence electrons. The quantitative estimate of drug-likeness (QED) is 0.507. The number of rotatable bonds is 12. The van der Waals surface area contributed by atoms with Crippen molar-refractivity contribution in [2.75, 3.05) is 52.5 Å². The van der Waals surface area contributed by atoms with Gasteiger partial charge in [-0.05, 0) is 92.4 Å². The lowest BCUT2D eigenvalue weighted by atomic mass is 9.99. The Morgan fingerprint density at radius 1 is 0.962 bits per heavy atom. The van der Waals surface area contributed by atoms with E-state index in [1.54, 1.807) is 0 Å². The van der Waals surface area contributed by atoms with Crippen molar-refractivity contribution in [3.8, 4) is 0 Å². The van der Waals surface area contributed by atoms with Crippen LogP contribution in [0.15, 0.2) is 0 Å². The number of likely N-dealkylation sites (tertiary alicyclic amines) is 1. The molecule has 1 rings (SSSR count). The average Bonchev–Trinajstić information content (AvgIpc) is 2.54. The fraction of sp³-hybridized carbons (Fsp3) is 1.00. The molecule has 0 aromatic rings. The minimum Gasteiger partial charge on any atom is -0.375 e. The standard InChI is InChI=1S/C22H46N2O2/c1-8-23(16-18-25-21(3,4)5)13-9-12-22(6,7)26-19-17-24-14-10-20(2)11-15-24/h20H,8-19H2,1-7H3. The van der Waals surface area contributed by atoms with E-state index in [2.05, 4.69) is 58.3 Å². The molecule has 0 N–H and O–H groups in total. The molecule has 26 heavy (non-hydrogen) atoms. The summed E-state index contributed by atoms with van der Waals surface area (Å²) >= 11 is 0. The molecule has 0 aliphatic carbocycles. The largest absolute Gasteiger partial charge is 0.375 e. The highest BCUT2D eigenvalue weighted by Gasteiger charge is 2.20. The van der Waals surface area contributed by atoms with Gasteiger partial charge in [0.15, 0.2) is 0 Å². The summed E-state index contributed by atoms with van der Waals surface area (Å²) in [6.45, 7) is 23.9. The lowest BCUT2D eigenvalue weighted by molar-refractivity contribution is -0.0375. The first kappa shape index (κ1) is 23.9. The number of ether oxygens (including phenoxy) is 2. The number of hydrogen-bond acceptors (Lipinski definition) is 4. The molecule has 0 aromatic heterocycles. The molecular weight excluding hydrogens is 324 g/mol.